The molecule has 3 saturated heterocycles. The highest BCUT2D eigenvalue weighted by molar-refractivity contribution is 6.01. The van der Waals surface area contributed by atoms with Gasteiger partial charge in [-0.2, -0.15) is 0 Å². The smallest absolute Gasteiger partial charge is 0.316 e. The van der Waals surface area contributed by atoms with E-state index in [9.17, 15) is 24.6 Å². The zero-order chi connectivity index (χ0) is 44.4. The van der Waals surface area contributed by atoms with Gasteiger partial charge in [0.25, 0.3) is 5.91 Å². The van der Waals surface area contributed by atoms with E-state index in [2.05, 4.69) is 10.1 Å². The Hall–Kier alpha value is -3.90. The van der Waals surface area contributed by atoms with Gasteiger partial charge < -0.3 is 48.2 Å². The highest BCUT2D eigenvalue weighted by Crippen LogP contribution is 2.40. The number of aliphatic imine (C=N–C) groups is 1. The lowest BCUT2D eigenvalue weighted by atomic mass is 9.73. The second kappa shape index (κ2) is 19.2. The molecular formula is C45H65N5O11. The van der Waals surface area contributed by atoms with E-state index in [0.29, 0.717) is 24.5 Å². The van der Waals surface area contributed by atoms with Gasteiger partial charge in [0.1, 0.15) is 35.3 Å². The van der Waals surface area contributed by atoms with Crippen molar-refractivity contribution in [3.05, 3.63) is 54.1 Å². The number of carbonyl (C=O) groups is 3. The first kappa shape index (κ1) is 46.6. The average Bonchev–Trinajstić information content (AvgIpc) is 3.64. The third-order valence-electron chi connectivity index (χ3n) is 13.0. The number of imidazole rings is 1. The first-order chi connectivity index (χ1) is 28.8. The number of rotatable bonds is 8. The molecule has 2 aromatic rings. The minimum absolute atomic E-state index is 0.0488. The highest BCUT2D eigenvalue weighted by Gasteiger charge is 2.53. The summed E-state index contributed by atoms with van der Waals surface area (Å²) in [4.78, 5) is 60.4. The monoisotopic (exact) mass is 851 g/mol. The van der Waals surface area contributed by atoms with Crippen molar-refractivity contribution in [2.45, 2.75) is 148 Å². The lowest BCUT2D eigenvalue weighted by molar-refractivity contribution is -0.296. The van der Waals surface area contributed by atoms with Crippen LogP contribution in [0, 0.1) is 23.7 Å². The molecular weight excluding hydrogens is 787 g/mol. The summed E-state index contributed by atoms with van der Waals surface area (Å²) in [5.74, 6) is -4.91. The fourth-order valence-corrected chi connectivity index (χ4v) is 9.55. The van der Waals surface area contributed by atoms with Crippen molar-refractivity contribution in [2.75, 3.05) is 27.3 Å². The first-order valence-corrected chi connectivity index (χ1v) is 21.6. The van der Waals surface area contributed by atoms with Gasteiger partial charge in [0.2, 0.25) is 6.10 Å². The largest absolute Gasteiger partial charge is 0.459 e. The summed E-state index contributed by atoms with van der Waals surface area (Å²) in [5, 5.41) is 28.6. The van der Waals surface area contributed by atoms with Crippen molar-refractivity contribution in [3.8, 4) is 0 Å². The number of fused-ring (bicyclic) bond motifs is 4. The van der Waals surface area contributed by atoms with Crippen LogP contribution in [-0.4, -0.2) is 141 Å². The van der Waals surface area contributed by atoms with Gasteiger partial charge in [-0.15, -0.1) is 0 Å². The number of hydrogen-bond acceptors (Lipinski definition) is 14. The summed E-state index contributed by atoms with van der Waals surface area (Å²) in [5.41, 5.74) is -1.55. The normalized spacial score (nSPS) is 39.0. The maximum atomic E-state index is 14.6. The Balaban J connectivity index is 1.48. The molecule has 0 saturated carbocycles. The van der Waals surface area contributed by atoms with Gasteiger partial charge >= 0.3 is 5.97 Å². The van der Waals surface area contributed by atoms with E-state index in [1.807, 2.05) is 80.9 Å². The Morgan fingerprint density at radius 1 is 1.02 bits per heavy atom. The molecule has 336 valence electrons. The molecule has 16 nitrogen and oxygen atoms in total. The molecule has 3 fully saturated rings. The molecule has 5 heterocycles. The lowest BCUT2D eigenvalue weighted by Gasteiger charge is -2.47. The van der Waals surface area contributed by atoms with E-state index in [1.165, 1.54) is 13.8 Å². The third kappa shape index (κ3) is 10.2. The first-order valence-electron chi connectivity index (χ1n) is 21.6. The van der Waals surface area contributed by atoms with Gasteiger partial charge in [0.05, 0.1) is 43.5 Å². The van der Waals surface area contributed by atoms with Crippen LogP contribution in [0.25, 0.3) is 0 Å². The summed E-state index contributed by atoms with van der Waals surface area (Å²) in [6.07, 6.45) is -2.65. The molecule has 14 atom stereocenters. The maximum absolute atomic E-state index is 14.6. The standard InChI is InChI=1S/C45H65N5O11/c1-11-34-45(8,55)40-27(4)36-25(2)21-44(7,39(28(5)37(51)29(6)42(54)59-34)60-43-38(52)32(49(9)10)19-26(3)58-43)57-24-31(23-56-40)48-61-33(41(53)47-36)20-35-46-17-18-50(35)22-30-15-13-12-14-16-30/h12-18,25-29,32-34,38-40,43,52,55H,11,19-24H2,1-10H3/b47-36?,48-31-/t25-,26-,27+,28+,29-,32+,33?,34-,38-,39-,40-,43+,44-,45-/m1/s1. The van der Waals surface area contributed by atoms with Crippen molar-refractivity contribution >= 4 is 29.1 Å². The van der Waals surface area contributed by atoms with Gasteiger partial charge in [-0.05, 0) is 72.5 Å². The molecule has 4 aliphatic rings. The molecule has 0 spiro atoms. The fraction of sp³-hybridized carbons (Fsp3) is 0.689. The van der Waals surface area contributed by atoms with Gasteiger partial charge in [-0.25, -0.2) is 9.98 Å². The Kier molecular flexibility index (Phi) is 14.7. The van der Waals surface area contributed by atoms with Gasteiger partial charge in [0.15, 0.2) is 12.1 Å². The molecule has 1 aromatic carbocycles. The van der Waals surface area contributed by atoms with Crippen molar-refractivity contribution in [1.29, 1.82) is 0 Å². The predicted octanol–water partition coefficient (Wildman–Crippen LogP) is 3.77. The number of likely N-dealkylation sites (N-methyl/N-ethyl adjacent to an activating group) is 1. The van der Waals surface area contributed by atoms with Gasteiger partial charge in [-0.3, -0.25) is 14.4 Å². The molecule has 1 aromatic heterocycles. The Morgan fingerprint density at radius 3 is 2.43 bits per heavy atom. The van der Waals surface area contributed by atoms with Gasteiger partial charge in [-0.1, -0.05) is 63.2 Å². The lowest BCUT2D eigenvalue weighted by Crippen LogP contribution is -2.60. The number of cyclic esters (lactones) is 1. The van der Waals surface area contributed by atoms with Crippen molar-refractivity contribution < 1.29 is 53.1 Å². The predicted molar refractivity (Wildman–Crippen MR) is 225 cm³/mol. The molecule has 16 heteroatoms. The van der Waals surface area contributed by atoms with E-state index in [4.69, 9.17) is 33.5 Å². The van der Waals surface area contributed by atoms with E-state index in [1.54, 1.807) is 27.0 Å². The number of aliphatic hydroxyl groups excluding tert-OH is 1. The van der Waals surface area contributed by atoms with E-state index in [0.717, 1.165) is 5.56 Å². The van der Waals surface area contributed by atoms with Gasteiger partial charge in [0, 0.05) is 42.5 Å². The minimum Gasteiger partial charge on any atom is -0.459 e. The van der Waals surface area contributed by atoms with Crippen LogP contribution in [0.4, 0.5) is 0 Å². The third-order valence-corrected chi connectivity index (χ3v) is 13.0. The number of ether oxygens (including phenoxy) is 5. The van der Waals surface area contributed by atoms with Crippen molar-refractivity contribution in [3.63, 3.8) is 0 Å². The van der Waals surface area contributed by atoms with Crippen molar-refractivity contribution in [1.82, 2.24) is 14.5 Å². The zero-order valence-electron chi connectivity index (χ0n) is 37.2. The quantitative estimate of drug-likeness (QED) is 0.289. The summed E-state index contributed by atoms with van der Waals surface area (Å²) in [6.45, 7) is 14.0. The summed E-state index contributed by atoms with van der Waals surface area (Å²) in [6, 6.07) is 9.57. The number of hydrogen-bond donors (Lipinski definition) is 2. The number of benzene rings is 1. The number of aliphatic hydroxyl groups is 2. The number of nitrogens with zero attached hydrogens (tertiary/aromatic N) is 5. The maximum Gasteiger partial charge on any atom is 0.316 e. The molecule has 61 heavy (non-hydrogen) atoms. The molecule has 1 amide bonds. The van der Waals surface area contributed by atoms with E-state index >= 15 is 0 Å². The summed E-state index contributed by atoms with van der Waals surface area (Å²) in [7, 11) is 3.74. The molecule has 1 unspecified atom stereocenters. The summed E-state index contributed by atoms with van der Waals surface area (Å²) >= 11 is 0. The Bertz CT molecular complexity index is 1920. The van der Waals surface area contributed by atoms with Crippen LogP contribution in [-0.2, 0) is 55.9 Å². The van der Waals surface area contributed by atoms with Crippen LogP contribution in [0.5, 0.6) is 0 Å². The van der Waals surface area contributed by atoms with Crippen LogP contribution < -0.4 is 0 Å². The summed E-state index contributed by atoms with van der Waals surface area (Å²) < 4.78 is 34.5. The second-order valence-electron chi connectivity index (χ2n) is 18.1. The van der Waals surface area contributed by atoms with Crippen LogP contribution in [0.3, 0.4) is 0 Å². The van der Waals surface area contributed by atoms with Crippen LogP contribution in [0.15, 0.2) is 52.9 Å². The Morgan fingerprint density at radius 2 is 1.74 bits per heavy atom. The van der Waals surface area contributed by atoms with Crippen LogP contribution >= 0.6 is 0 Å². The van der Waals surface area contributed by atoms with Crippen molar-refractivity contribution in [2.24, 2.45) is 33.8 Å². The number of Topliss-reactive ketones (excluding diaryl/α,β-unsaturated/α-hetero) is 1. The molecule has 0 aliphatic carbocycles. The van der Waals surface area contributed by atoms with Crippen LogP contribution in [0.2, 0.25) is 0 Å². The number of aromatic nitrogens is 2. The Labute approximate surface area is 359 Å². The highest BCUT2D eigenvalue weighted by atomic mass is 16.7. The number of esters is 1. The van der Waals surface area contributed by atoms with E-state index < -0.39 is 89.3 Å². The number of oxime groups is 1. The molecule has 2 N–H and O–H groups in total. The molecule has 0 radical (unpaired) electrons. The second-order valence-corrected chi connectivity index (χ2v) is 18.1. The molecule has 6 rings (SSSR count). The zero-order valence-corrected chi connectivity index (χ0v) is 37.2. The SMILES string of the molecule is CC[C@H]1OC(=O)[C@H](C)C(=O)[C@H](C)[C@@H](O[C@@H]2O[C@H](C)C[C@H](N(C)C)[C@H]2O)[C@@]2(C)C[C@@H](C)C3=NC(=O)C(Cc4nccn4Cc4ccccc4)O/N=C(/CO[C@H]([C@H]3C)[C@]1(C)O)CO2. The molecule has 4 bridgehead atoms. The topological polar surface area (TPSA) is 193 Å². The average molecular weight is 852 g/mol. The fourth-order valence-electron chi connectivity index (χ4n) is 9.55. The number of carbonyl (C=O) groups excluding carboxylic acids is 3. The molecule has 4 aliphatic heterocycles. The van der Waals surface area contributed by atoms with Crippen LogP contribution in [0.1, 0.15) is 86.0 Å². The number of ketones is 1. The minimum atomic E-state index is -1.84. The number of amides is 1. The van der Waals surface area contributed by atoms with E-state index in [-0.39, 0.29) is 50.3 Å².